The van der Waals surface area contributed by atoms with Gasteiger partial charge in [-0.3, -0.25) is 0 Å². The van der Waals surface area contributed by atoms with E-state index < -0.39 is 5.79 Å². The second-order valence-electron chi connectivity index (χ2n) is 6.90. The molecule has 0 bridgehead atoms. The van der Waals surface area contributed by atoms with Gasteiger partial charge >= 0.3 is 0 Å². The predicted molar refractivity (Wildman–Crippen MR) is 104 cm³/mol. The van der Waals surface area contributed by atoms with Crippen molar-refractivity contribution in [1.29, 1.82) is 0 Å². The van der Waals surface area contributed by atoms with E-state index in [0.29, 0.717) is 72.7 Å². The van der Waals surface area contributed by atoms with Crippen LogP contribution in [0.25, 0.3) is 0 Å². The highest BCUT2D eigenvalue weighted by atomic mass is 16.7. The van der Waals surface area contributed by atoms with Gasteiger partial charge in [0.05, 0.1) is 72.7 Å². The summed E-state index contributed by atoms with van der Waals surface area (Å²) in [6.07, 6.45) is 0.00192. The van der Waals surface area contributed by atoms with Gasteiger partial charge in [-0.05, 0) is 19.4 Å². The molecule has 7 nitrogen and oxygen atoms in total. The van der Waals surface area contributed by atoms with Gasteiger partial charge in [-0.25, -0.2) is 0 Å². The Kier molecular flexibility index (Phi) is 11.6. The Morgan fingerprint density at radius 1 is 0.786 bits per heavy atom. The van der Waals surface area contributed by atoms with Gasteiger partial charge in [0.2, 0.25) is 0 Å². The minimum atomic E-state index is -0.499. The summed E-state index contributed by atoms with van der Waals surface area (Å²) in [4.78, 5) is 0. The molecule has 1 aromatic carbocycles. The molecule has 1 fully saturated rings. The SMILES string of the molecule is CC1(C)OC[C@H](COCCOCCOCCOCCOCc2ccccc2)O1. The van der Waals surface area contributed by atoms with E-state index in [1.165, 1.54) is 5.56 Å². The zero-order valence-corrected chi connectivity index (χ0v) is 17.1. The van der Waals surface area contributed by atoms with Gasteiger partial charge in [-0.1, -0.05) is 30.3 Å². The summed E-state index contributed by atoms with van der Waals surface area (Å²) in [6.45, 7) is 9.92. The lowest BCUT2D eigenvalue weighted by atomic mass is 10.2. The molecule has 0 aromatic heterocycles. The monoisotopic (exact) mass is 398 g/mol. The third kappa shape index (κ3) is 11.1. The van der Waals surface area contributed by atoms with E-state index in [9.17, 15) is 0 Å². The first kappa shape index (κ1) is 23.2. The second kappa shape index (κ2) is 14.0. The molecular formula is C21H34O7. The highest BCUT2D eigenvalue weighted by molar-refractivity contribution is 5.13. The fourth-order valence-electron chi connectivity index (χ4n) is 2.60. The Bertz CT molecular complexity index is 495. The fourth-order valence-corrected chi connectivity index (χ4v) is 2.60. The van der Waals surface area contributed by atoms with E-state index in [0.717, 1.165) is 0 Å². The van der Waals surface area contributed by atoms with Crippen molar-refractivity contribution < 1.29 is 33.2 Å². The van der Waals surface area contributed by atoms with Crippen LogP contribution in [0, 0.1) is 0 Å². The van der Waals surface area contributed by atoms with E-state index >= 15 is 0 Å². The molecule has 1 aliphatic heterocycles. The highest BCUT2D eigenvalue weighted by Gasteiger charge is 2.32. The number of hydrogen-bond acceptors (Lipinski definition) is 7. The van der Waals surface area contributed by atoms with Crippen LogP contribution >= 0.6 is 0 Å². The van der Waals surface area contributed by atoms with Crippen molar-refractivity contribution in [2.45, 2.75) is 32.3 Å². The minimum Gasteiger partial charge on any atom is -0.377 e. The number of rotatable bonds is 16. The highest BCUT2D eigenvalue weighted by Crippen LogP contribution is 2.22. The minimum absolute atomic E-state index is 0.00192. The predicted octanol–water partition coefficient (Wildman–Crippen LogP) is 2.42. The summed E-state index contributed by atoms with van der Waals surface area (Å²) >= 11 is 0. The molecule has 0 aliphatic carbocycles. The van der Waals surface area contributed by atoms with E-state index in [1.54, 1.807) is 0 Å². The van der Waals surface area contributed by atoms with Crippen molar-refractivity contribution in [2.75, 3.05) is 66.1 Å². The Morgan fingerprint density at radius 3 is 1.86 bits per heavy atom. The maximum Gasteiger partial charge on any atom is 0.163 e. The van der Waals surface area contributed by atoms with Gasteiger partial charge < -0.3 is 33.2 Å². The molecule has 1 aliphatic rings. The first-order valence-corrected chi connectivity index (χ1v) is 9.90. The van der Waals surface area contributed by atoms with Crippen LogP contribution in [0.2, 0.25) is 0 Å². The Labute approximate surface area is 168 Å². The lowest BCUT2D eigenvalue weighted by Gasteiger charge is -2.17. The van der Waals surface area contributed by atoms with Crippen molar-refractivity contribution in [2.24, 2.45) is 0 Å². The van der Waals surface area contributed by atoms with E-state index in [4.69, 9.17) is 33.2 Å². The molecule has 0 unspecified atom stereocenters. The molecular weight excluding hydrogens is 364 g/mol. The Morgan fingerprint density at radius 2 is 1.32 bits per heavy atom. The molecule has 0 saturated carbocycles. The number of ether oxygens (including phenoxy) is 7. The van der Waals surface area contributed by atoms with E-state index in [2.05, 4.69) is 0 Å². The molecule has 0 radical (unpaired) electrons. The smallest absolute Gasteiger partial charge is 0.163 e. The van der Waals surface area contributed by atoms with Gasteiger partial charge in [0.15, 0.2) is 5.79 Å². The van der Waals surface area contributed by atoms with Crippen molar-refractivity contribution >= 4 is 0 Å². The normalized spacial score (nSPS) is 18.6. The molecule has 0 amide bonds. The summed E-state index contributed by atoms with van der Waals surface area (Å²) in [6, 6.07) is 10.1. The van der Waals surface area contributed by atoms with Crippen LogP contribution in [-0.2, 0) is 39.8 Å². The van der Waals surface area contributed by atoms with Gasteiger partial charge in [0.25, 0.3) is 0 Å². The van der Waals surface area contributed by atoms with Crippen LogP contribution in [0.15, 0.2) is 30.3 Å². The van der Waals surface area contributed by atoms with Crippen LogP contribution in [0.4, 0.5) is 0 Å². The fraction of sp³-hybridized carbons (Fsp3) is 0.714. The maximum atomic E-state index is 5.65. The first-order chi connectivity index (χ1) is 13.7. The molecule has 28 heavy (non-hydrogen) atoms. The third-order valence-electron chi connectivity index (χ3n) is 3.97. The summed E-state index contributed by atoms with van der Waals surface area (Å²) in [7, 11) is 0. The largest absolute Gasteiger partial charge is 0.377 e. The van der Waals surface area contributed by atoms with Gasteiger partial charge in [0, 0.05) is 0 Å². The molecule has 1 aromatic rings. The quantitative estimate of drug-likeness (QED) is 0.396. The van der Waals surface area contributed by atoms with Crippen molar-refractivity contribution in [3.05, 3.63) is 35.9 Å². The molecule has 1 heterocycles. The first-order valence-electron chi connectivity index (χ1n) is 9.90. The Hall–Kier alpha value is -1.06. The van der Waals surface area contributed by atoms with Crippen LogP contribution in [-0.4, -0.2) is 78.0 Å². The van der Waals surface area contributed by atoms with Crippen LogP contribution in [0.5, 0.6) is 0 Å². The van der Waals surface area contributed by atoms with Crippen LogP contribution < -0.4 is 0 Å². The second-order valence-corrected chi connectivity index (χ2v) is 6.90. The topological polar surface area (TPSA) is 64.6 Å². The molecule has 0 N–H and O–H groups in total. The summed E-state index contributed by atoms with van der Waals surface area (Å²) in [5.41, 5.74) is 1.17. The number of hydrogen-bond donors (Lipinski definition) is 0. The van der Waals surface area contributed by atoms with Crippen LogP contribution in [0.3, 0.4) is 0 Å². The van der Waals surface area contributed by atoms with Crippen LogP contribution in [0.1, 0.15) is 19.4 Å². The Balaban J connectivity index is 1.25. The van der Waals surface area contributed by atoms with E-state index in [-0.39, 0.29) is 6.10 Å². The van der Waals surface area contributed by atoms with Gasteiger partial charge in [-0.2, -0.15) is 0 Å². The maximum absolute atomic E-state index is 5.65. The molecule has 0 spiro atoms. The summed E-state index contributed by atoms with van der Waals surface area (Å²) in [5, 5.41) is 0. The summed E-state index contributed by atoms with van der Waals surface area (Å²) < 4.78 is 38.6. The third-order valence-corrected chi connectivity index (χ3v) is 3.97. The molecule has 1 saturated heterocycles. The van der Waals surface area contributed by atoms with Crippen molar-refractivity contribution in [1.82, 2.24) is 0 Å². The average Bonchev–Trinajstić information content (AvgIpc) is 3.04. The standard InChI is InChI=1S/C21H34O7/c1-21(2)27-18-20(28-21)17-26-15-13-24-11-9-22-8-10-23-12-14-25-16-19-6-4-3-5-7-19/h3-7,20H,8-18H2,1-2H3/t20-/m0/s1. The molecule has 7 heteroatoms. The van der Waals surface area contributed by atoms with Crippen molar-refractivity contribution in [3.8, 4) is 0 Å². The lowest BCUT2D eigenvalue weighted by Crippen LogP contribution is -2.24. The molecule has 1 atom stereocenters. The number of benzene rings is 1. The van der Waals surface area contributed by atoms with Gasteiger partial charge in [-0.15, -0.1) is 0 Å². The molecule has 2 rings (SSSR count). The zero-order chi connectivity index (χ0) is 19.9. The van der Waals surface area contributed by atoms with E-state index in [1.807, 2.05) is 44.2 Å². The van der Waals surface area contributed by atoms with Crippen molar-refractivity contribution in [3.63, 3.8) is 0 Å². The zero-order valence-electron chi connectivity index (χ0n) is 17.1. The molecule has 160 valence electrons. The van der Waals surface area contributed by atoms with Gasteiger partial charge in [0.1, 0.15) is 6.10 Å². The lowest BCUT2D eigenvalue weighted by molar-refractivity contribution is -0.145. The summed E-state index contributed by atoms with van der Waals surface area (Å²) in [5.74, 6) is -0.499. The average molecular weight is 398 g/mol.